The van der Waals surface area contributed by atoms with E-state index < -0.39 is 0 Å². The molecule has 0 radical (unpaired) electrons. The first-order valence-electron chi connectivity index (χ1n) is 8.22. The summed E-state index contributed by atoms with van der Waals surface area (Å²) in [5.74, 6) is 0.237. The molecule has 1 spiro atoms. The largest absolute Gasteiger partial charge is 0.348 e. The van der Waals surface area contributed by atoms with Gasteiger partial charge in [-0.25, -0.2) is 9.97 Å². The summed E-state index contributed by atoms with van der Waals surface area (Å²) in [5.41, 5.74) is 2.05. The van der Waals surface area contributed by atoms with Gasteiger partial charge in [0.15, 0.2) is 5.13 Å². The van der Waals surface area contributed by atoms with Gasteiger partial charge < -0.3 is 14.8 Å². The van der Waals surface area contributed by atoms with Gasteiger partial charge in [0.2, 0.25) is 5.91 Å². The van der Waals surface area contributed by atoms with Crippen molar-refractivity contribution in [3.05, 3.63) is 29.3 Å². The number of thiazole rings is 1. The maximum atomic E-state index is 12.5. The molecule has 1 amide bonds. The van der Waals surface area contributed by atoms with E-state index >= 15 is 0 Å². The van der Waals surface area contributed by atoms with Crippen molar-refractivity contribution in [2.45, 2.75) is 38.1 Å². The van der Waals surface area contributed by atoms with E-state index in [1.54, 1.807) is 17.7 Å². The molecule has 0 bridgehead atoms. The van der Waals surface area contributed by atoms with Gasteiger partial charge in [-0.3, -0.25) is 4.79 Å². The number of H-pyrrole nitrogens is 1. The van der Waals surface area contributed by atoms with Crippen molar-refractivity contribution in [2.75, 3.05) is 24.5 Å². The average Bonchev–Trinajstić information content (AvgIpc) is 3.27. The van der Waals surface area contributed by atoms with Gasteiger partial charge in [-0.15, -0.1) is 11.3 Å². The van der Waals surface area contributed by atoms with Crippen LogP contribution in [0.3, 0.4) is 0 Å². The number of imidazole rings is 1. The van der Waals surface area contributed by atoms with Crippen molar-refractivity contribution < 1.29 is 4.79 Å². The Bertz CT molecular complexity index is 687. The molecule has 2 aromatic heterocycles. The number of hydrogen-bond donors (Lipinski definition) is 1. The van der Waals surface area contributed by atoms with E-state index in [9.17, 15) is 4.79 Å². The molecule has 0 aliphatic carbocycles. The van der Waals surface area contributed by atoms with Crippen LogP contribution in [0.5, 0.6) is 0 Å². The van der Waals surface area contributed by atoms with Gasteiger partial charge in [-0.1, -0.05) is 6.92 Å². The summed E-state index contributed by atoms with van der Waals surface area (Å²) < 4.78 is 0. The second kappa shape index (κ2) is 5.63. The molecule has 1 fully saturated rings. The maximum absolute atomic E-state index is 12.5. The van der Waals surface area contributed by atoms with E-state index in [0.29, 0.717) is 6.42 Å². The predicted molar refractivity (Wildman–Crippen MR) is 89.5 cm³/mol. The van der Waals surface area contributed by atoms with Crippen LogP contribution in [-0.4, -0.2) is 45.4 Å². The maximum Gasteiger partial charge on any atom is 0.223 e. The number of hydrogen-bond acceptors (Lipinski definition) is 5. The standard InChI is InChI=1S/C16H21N5OS/c1-2-13(22)21-7-3-12-14(19-11-18-12)16(21)4-8-20(9-5-16)15-17-6-10-23-15/h6,10-11H,2-5,7-9H2,1H3,(H,18,19). The molecule has 0 atom stereocenters. The Hall–Kier alpha value is -1.89. The van der Waals surface area contributed by atoms with Crippen molar-refractivity contribution in [1.29, 1.82) is 0 Å². The molecule has 6 nitrogen and oxygen atoms in total. The zero-order chi connectivity index (χ0) is 15.9. The number of fused-ring (bicyclic) bond motifs is 2. The summed E-state index contributed by atoms with van der Waals surface area (Å²) in [6, 6.07) is 0. The highest BCUT2D eigenvalue weighted by molar-refractivity contribution is 7.13. The number of carbonyl (C=O) groups excluding carboxylic acids is 1. The van der Waals surface area contributed by atoms with Crippen molar-refractivity contribution in [2.24, 2.45) is 0 Å². The lowest BCUT2D eigenvalue weighted by molar-refractivity contribution is -0.140. The molecule has 2 aliphatic heterocycles. The van der Waals surface area contributed by atoms with Crippen LogP contribution in [0, 0.1) is 0 Å². The summed E-state index contributed by atoms with van der Waals surface area (Å²) in [6.07, 6.45) is 6.88. The number of anilines is 1. The first-order chi connectivity index (χ1) is 11.2. The number of piperidine rings is 1. The summed E-state index contributed by atoms with van der Waals surface area (Å²) in [5, 5.41) is 3.09. The van der Waals surface area contributed by atoms with Crippen LogP contribution in [0.1, 0.15) is 37.6 Å². The molecule has 0 unspecified atom stereocenters. The Morgan fingerprint density at radius 2 is 2.17 bits per heavy atom. The van der Waals surface area contributed by atoms with Gasteiger partial charge in [-0.05, 0) is 12.8 Å². The van der Waals surface area contributed by atoms with E-state index in [4.69, 9.17) is 0 Å². The smallest absolute Gasteiger partial charge is 0.223 e. The zero-order valence-corrected chi connectivity index (χ0v) is 14.1. The molecule has 122 valence electrons. The SMILES string of the molecule is CCC(=O)N1CCc2[nH]cnc2C12CCN(c1nccs1)CC2. The highest BCUT2D eigenvalue weighted by atomic mass is 32.1. The highest BCUT2D eigenvalue weighted by Gasteiger charge is 2.48. The molecule has 4 heterocycles. The highest BCUT2D eigenvalue weighted by Crippen LogP contribution is 2.43. The van der Waals surface area contributed by atoms with Gasteiger partial charge >= 0.3 is 0 Å². The molecule has 0 aromatic carbocycles. The molecular weight excluding hydrogens is 310 g/mol. The Kier molecular flexibility index (Phi) is 3.60. The third-order valence-electron chi connectivity index (χ3n) is 5.15. The Balaban J connectivity index is 1.65. The molecule has 2 aromatic rings. The lowest BCUT2D eigenvalue weighted by atomic mass is 9.78. The van der Waals surface area contributed by atoms with Gasteiger partial charge in [-0.2, -0.15) is 0 Å². The molecular formula is C16H21N5OS. The Morgan fingerprint density at radius 3 is 2.87 bits per heavy atom. The Morgan fingerprint density at radius 1 is 1.35 bits per heavy atom. The van der Waals surface area contributed by atoms with Crippen LogP contribution in [-0.2, 0) is 16.8 Å². The fraction of sp³-hybridized carbons (Fsp3) is 0.562. The van der Waals surface area contributed by atoms with Crippen molar-refractivity contribution >= 4 is 22.4 Å². The quantitative estimate of drug-likeness (QED) is 0.916. The molecule has 1 N–H and O–H groups in total. The fourth-order valence-corrected chi connectivity index (χ4v) is 4.68. The second-order valence-electron chi connectivity index (χ2n) is 6.21. The minimum absolute atomic E-state index is 0.237. The third kappa shape index (κ3) is 2.25. The number of aromatic amines is 1. The number of nitrogens with zero attached hydrogens (tertiary/aromatic N) is 4. The van der Waals surface area contributed by atoms with Crippen LogP contribution in [0.2, 0.25) is 0 Å². The lowest BCUT2D eigenvalue weighted by Gasteiger charge is -2.50. The van der Waals surface area contributed by atoms with E-state index in [1.165, 1.54) is 5.69 Å². The summed E-state index contributed by atoms with van der Waals surface area (Å²) in [6.45, 7) is 4.56. The second-order valence-corrected chi connectivity index (χ2v) is 7.08. The van der Waals surface area contributed by atoms with E-state index in [1.807, 2.05) is 18.5 Å². The number of rotatable bonds is 2. The van der Waals surface area contributed by atoms with Gasteiger partial charge in [0.25, 0.3) is 0 Å². The molecule has 2 aliphatic rings. The zero-order valence-electron chi connectivity index (χ0n) is 13.3. The first kappa shape index (κ1) is 14.7. The monoisotopic (exact) mass is 331 g/mol. The van der Waals surface area contributed by atoms with Crippen LogP contribution in [0.25, 0.3) is 0 Å². The van der Waals surface area contributed by atoms with Crippen LogP contribution < -0.4 is 4.90 Å². The van der Waals surface area contributed by atoms with Gasteiger partial charge in [0.05, 0.1) is 17.6 Å². The molecule has 1 saturated heterocycles. The van der Waals surface area contributed by atoms with Crippen LogP contribution in [0.15, 0.2) is 17.9 Å². The molecule has 23 heavy (non-hydrogen) atoms. The van der Waals surface area contributed by atoms with Gasteiger partial charge in [0, 0.05) is 49.7 Å². The third-order valence-corrected chi connectivity index (χ3v) is 5.98. The van der Waals surface area contributed by atoms with Crippen molar-refractivity contribution in [1.82, 2.24) is 19.9 Å². The Labute approximate surface area is 139 Å². The first-order valence-corrected chi connectivity index (χ1v) is 9.10. The number of amides is 1. The molecule has 4 rings (SSSR count). The molecule has 0 saturated carbocycles. The topological polar surface area (TPSA) is 65.1 Å². The van der Waals surface area contributed by atoms with Gasteiger partial charge in [0.1, 0.15) is 0 Å². The number of carbonyl (C=O) groups is 1. The van der Waals surface area contributed by atoms with E-state index in [2.05, 4.69) is 24.8 Å². The average molecular weight is 331 g/mol. The van der Waals surface area contributed by atoms with Crippen molar-refractivity contribution in [3.63, 3.8) is 0 Å². The van der Waals surface area contributed by atoms with Crippen LogP contribution >= 0.6 is 11.3 Å². The van der Waals surface area contributed by atoms with E-state index in [-0.39, 0.29) is 11.4 Å². The fourth-order valence-electron chi connectivity index (χ4n) is 3.98. The number of aromatic nitrogens is 3. The summed E-state index contributed by atoms with van der Waals surface area (Å²) in [7, 11) is 0. The lowest BCUT2D eigenvalue weighted by Crippen LogP contribution is -2.58. The normalized spacial score (nSPS) is 19.9. The summed E-state index contributed by atoms with van der Waals surface area (Å²) >= 11 is 1.68. The summed E-state index contributed by atoms with van der Waals surface area (Å²) in [4.78, 5) is 29.3. The van der Waals surface area contributed by atoms with E-state index in [0.717, 1.165) is 49.7 Å². The minimum Gasteiger partial charge on any atom is -0.348 e. The van der Waals surface area contributed by atoms with Crippen molar-refractivity contribution in [3.8, 4) is 0 Å². The minimum atomic E-state index is -0.242. The molecule has 7 heteroatoms. The predicted octanol–water partition coefficient (Wildman–Crippen LogP) is 2.16. The van der Waals surface area contributed by atoms with Crippen LogP contribution in [0.4, 0.5) is 5.13 Å². The number of nitrogens with one attached hydrogen (secondary N) is 1.